The predicted octanol–water partition coefficient (Wildman–Crippen LogP) is 2.55. The zero-order valence-corrected chi connectivity index (χ0v) is 16.4. The maximum atomic E-state index is 12.7. The van der Waals surface area contributed by atoms with Crippen molar-refractivity contribution in [3.63, 3.8) is 0 Å². The van der Waals surface area contributed by atoms with Crippen molar-refractivity contribution in [1.82, 2.24) is 10.6 Å². The highest BCUT2D eigenvalue weighted by atomic mass is 16.6. The quantitative estimate of drug-likeness (QED) is 0.423. The highest BCUT2D eigenvalue weighted by Gasteiger charge is 2.36. The molecule has 0 aliphatic carbocycles. The Bertz CT molecular complexity index is 1030. The number of esters is 1. The number of nitrogens with one attached hydrogen (secondary N) is 2. The summed E-state index contributed by atoms with van der Waals surface area (Å²) < 4.78 is 15.3. The molecule has 0 bridgehead atoms. The molecule has 0 aromatic heterocycles. The number of amides is 2. The molecule has 0 saturated carbocycles. The van der Waals surface area contributed by atoms with Gasteiger partial charge in [-0.25, -0.2) is 9.59 Å². The number of nitro benzene ring substituents is 1. The summed E-state index contributed by atoms with van der Waals surface area (Å²) in [4.78, 5) is 36.0. The van der Waals surface area contributed by atoms with Crippen LogP contribution in [-0.2, 0) is 9.53 Å². The van der Waals surface area contributed by atoms with E-state index in [2.05, 4.69) is 10.6 Å². The summed E-state index contributed by atoms with van der Waals surface area (Å²) in [5.74, 6) is -0.692. The number of rotatable bonds is 6. The predicted molar refractivity (Wildman–Crippen MR) is 106 cm³/mol. The van der Waals surface area contributed by atoms with E-state index in [4.69, 9.17) is 14.2 Å². The molecular formula is C20H19N3O7. The van der Waals surface area contributed by atoms with Crippen LogP contribution in [0.2, 0.25) is 0 Å². The molecular weight excluding hydrogens is 394 g/mol. The Labute approximate surface area is 171 Å². The van der Waals surface area contributed by atoms with Crippen molar-refractivity contribution in [2.75, 3.05) is 21.3 Å². The van der Waals surface area contributed by atoms with Crippen molar-refractivity contribution in [3.8, 4) is 11.5 Å². The van der Waals surface area contributed by atoms with Crippen LogP contribution in [0, 0.1) is 10.1 Å². The molecule has 1 aliphatic heterocycles. The van der Waals surface area contributed by atoms with E-state index in [1.807, 2.05) is 0 Å². The summed E-state index contributed by atoms with van der Waals surface area (Å²) >= 11 is 0. The Balaban J connectivity index is 2.27. The molecule has 10 heteroatoms. The van der Waals surface area contributed by atoms with Gasteiger partial charge >= 0.3 is 17.7 Å². The molecule has 0 fully saturated rings. The van der Waals surface area contributed by atoms with Gasteiger partial charge in [0, 0.05) is 6.07 Å². The van der Waals surface area contributed by atoms with Crippen LogP contribution >= 0.6 is 0 Å². The second-order valence-corrected chi connectivity index (χ2v) is 6.21. The lowest BCUT2D eigenvalue weighted by atomic mass is 9.92. The van der Waals surface area contributed by atoms with E-state index in [-0.39, 0.29) is 34.0 Å². The van der Waals surface area contributed by atoms with Crippen LogP contribution < -0.4 is 20.1 Å². The summed E-state index contributed by atoms with van der Waals surface area (Å²) in [6, 6.07) is 9.82. The molecule has 30 heavy (non-hydrogen) atoms. The first-order valence-electron chi connectivity index (χ1n) is 8.77. The first-order valence-corrected chi connectivity index (χ1v) is 8.77. The Morgan fingerprint density at radius 3 is 2.37 bits per heavy atom. The fraction of sp³-hybridized carbons (Fsp3) is 0.200. The molecule has 0 spiro atoms. The third-order valence-corrected chi connectivity index (χ3v) is 4.55. The SMILES string of the molecule is COC(=O)C1=C(c2ccccc2)NC(=O)NC1c1cc(OC)c(OC)c([N+](=O)[O-])c1. The van der Waals surface area contributed by atoms with Crippen LogP contribution in [-0.4, -0.2) is 38.3 Å². The molecule has 0 radical (unpaired) electrons. The Kier molecular flexibility index (Phi) is 5.86. The molecule has 0 saturated heterocycles. The average Bonchev–Trinajstić information content (AvgIpc) is 2.77. The van der Waals surface area contributed by atoms with Crippen LogP contribution in [0.1, 0.15) is 17.2 Å². The minimum absolute atomic E-state index is 0.0709. The maximum Gasteiger partial charge on any atom is 0.338 e. The number of ether oxygens (including phenoxy) is 3. The molecule has 156 valence electrons. The van der Waals surface area contributed by atoms with Crippen LogP contribution in [0.25, 0.3) is 5.70 Å². The normalized spacial score (nSPS) is 15.7. The van der Waals surface area contributed by atoms with E-state index >= 15 is 0 Å². The van der Waals surface area contributed by atoms with Gasteiger partial charge in [-0.05, 0) is 17.2 Å². The Hall–Kier alpha value is -4.08. The zero-order valence-electron chi connectivity index (χ0n) is 16.4. The molecule has 1 heterocycles. The largest absolute Gasteiger partial charge is 0.493 e. The van der Waals surface area contributed by atoms with Crippen molar-refractivity contribution in [1.29, 1.82) is 0 Å². The zero-order chi connectivity index (χ0) is 21.8. The summed E-state index contributed by atoms with van der Waals surface area (Å²) in [5.41, 5.74) is 0.791. The fourth-order valence-corrected chi connectivity index (χ4v) is 3.24. The highest BCUT2D eigenvalue weighted by Crippen LogP contribution is 2.42. The monoisotopic (exact) mass is 413 g/mol. The summed E-state index contributed by atoms with van der Waals surface area (Å²) in [5, 5.41) is 16.8. The van der Waals surface area contributed by atoms with E-state index in [1.165, 1.54) is 33.5 Å². The van der Waals surface area contributed by atoms with Crippen LogP contribution in [0.3, 0.4) is 0 Å². The number of carbonyl (C=O) groups is 2. The third kappa shape index (κ3) is 3.75. The smallest absolute Gasteiger partial charge is 0.338 e. The molecule has 2 aromatic rings. The number of hydrogen-bond donors (Lipinski definition) is 2. The van der Waals surface area contributed by atoms with E-state index in [9.17, 15) is 19.7 Å². The Morgan fingerprint density at radius 2 is 1.80 bits per heavy atom. The van der Waals surface area contributed by atoms with Gasteiger partial charge in [0.25, 0.3) is 0 Å². The minimum atomic E-state index is -1.03. The van der Waals surface area contributed by atoms with Crippen LogP contribution in [0.4, 0.5) is 10.5 Å². The number of nitro groups is 1. The topological polar surface area (TPSA) is 129 Å². The molecule has 1 unspecified atom stereocenters. The second kappa shape index (κ2) is 8.52. The van der Waals surface area contributed by atoms with Gasteiger partial charge in [0.05, 0.1) is 43.6 Å². The number of carbonyl (C=O) groups excluding carboxylic acids is 2. The van der Waals surface area contributed by atoms with Gasteiger partial charge in [-0.3, -0.25) is 10.1 Å². The lowest BCUT2D eigenvalue weighted by Gasteiger charge is -2.29. The van der Waals surface area contributed by atoms with Gasteiger partial charge in [-0.15, -0.1) is 0 Å². The molecule has 10 nitrogen and oxygen atoms in total. The molecule has 2 aromatic carbocycles. The number of urea groups is 1. The number of hydrogen-bond acceptors (Lipinski definition) is 7. The average molecular weight is 413 g/mol. The van der Waals surface area contributed by atoms with Crippen molar-refractivity contribution in [2.24, 2.45) is 0 Å². The van der Waals surface area contributed by atoms with Gasteiger partial charge < -0.3 is 24.8 Å². The van der Waals surface area contributed by atoms with Crippen molar-refractivity contribution in [3.05, 3.63) is 69.3 Å². The van der Waals surface area contributed by atoms with Crippen LogP contribution in [0.15, 0.2) is 48.0 Å². The summed E-state index contributed by atoms with van der Waals surface area (Å²) in [7, 11) is 3.82. The van der Waals surface area contributed by atoms with E-state index < -0.39 is 23.0 Å². The number of benzene rings is 2. The lowest BCUT2D eigenvalue weighted by Crippen LogP contribution is -2.45. The number of nitrogens with zero attached hydrogens (tertiary/aromatic N) is 1. The maximum absolute atomic E-state index is 12.7. The highest BCUT2D eigenvalue weighted by molar-refractivity contribution is 6.04. The van der Waals surface area contributed by atoms with E-state index in [1.54, 1.807) is 30.3 Å². The standard InChI is InChI=1S/C20H19N3O7/c1-28-14-10-12(9-13(23(26)27)18(14)29-2)17-15(19(24)30-3)16(21-20(25)22-17)11-7-5-4-6-8-11/h4-10,17H,1-3H3,(H2,21,22,25). The summed E-state index contributed by atoms with van der Waals surface area (Å²) in [6.45, 7) is 0. The van der Waals surface area contributed by atoms with Gasteiger partial charge in [0.1, 0.15) is 0 Å². The Morgan fingerprint density at radius 1 is 1.10 bits per heavy atom. The third-order valence-electron chi connectivity index (χ3n) is 4.55. The van der Waals surface area contributed by atoms with Gasteiger partial charge in [-0.1, -0.05) is 30.3 Å². The van der Waals surface area contributed by atoms with E-state index in [0.717, 1.165) is 0 Å². The minimum Gasteiger partial charge on any atom is -0.493 e. The first kappa shape index (κ1) is 20.6. The molecule has 2 N–H and O–H groups in total. The van der Waals surface area contributed by atoms with Crippen molar-refractivity contribution >= 4 is 23.4 Å². The molecule has 2 amide bonds. The molecule has 1 atom stereocenters. The van der Waals surface area contributed by atoms with E-state index in [0.29, 0.717) is 5.56 Å². The summed E-state index contributed by atoms with van der Waals surface area (Å²) in [6.07, 6.45) is 0. The van der Waals surface area contributed by atoms with Crippen molar-refractivity contribution in [2.45, 2.75) is 6.04 Å². The van der Waals surface area contributed by atoms with Gasteiger partial charge in [-0.2, -0.15) is 0 Å². The second-order valence-electron chi connectivity index (χ2n) is 6.21. The molecule has 3 rings (SSSR count). The van der Waals surface area contributed by atoms with Crippen molar-refractivity contribution < 1.29 is 28.7 Å². The fourth-order valence-electron chi connectivity index (χ4n) is 3.24. The number of methoxy groups -OCH3 is 3. The first-order chi connectivity index (χ1) is 14.4. The van der Waals surface area contributed by atoms with Gasteiger partial charge in [0.2, 0.25) is 5.75 Å². The van der Waals surface area contributed by atoms with Crippen LogP contribution in [0.5, 0.6) is 11.5 Å². The van der Waals surface area contributed by atoms with Gasteiger partial charge in [0.15, 0.2) is 5.75 Å². The lowest BCUT2D eigenvalue weighted by molar-refractivity contribution is -0.385. The molecule has 1 aliphatic rings.